The molecule has 1 aliphatic rings. The highest BCUT2D eigenvalue weighted by molar-refractivity contribution is 7.98. The van der Waals surface area contributed by atoms with Gasteiger partial charge in [-0.3, -0.25) is 0 Å². The second-order valence-electron chi connectivity index (χ2n) is 4.84. The van der Waals surface area contributed by atoms with E-state index in [2.05, 4.69) is 12.2 Å². The Hall–Kier alpha value is 0.230. The smallest absolute Gasteiger partial charge is 0.0833 e. The normalized spacial score (nSPS) is 24.0. The van der Waals surface area contributed by atoms with E-state index in [0.29, 0.717) is 6.54 Å². The molecule has 1 rings (SSSR count). The predicted molar refractivity (Wildman–Crippen MR) is 60.8 cm³/mol. The van der Waals surface area contributed by atoms with Crippen molar-refractivity contribution in [3.8, 4) is 0 Å². The molecule has 0 bridgehead atoms. The van der Waals surface area contributed by atoms with Crippen molar-refractivity contribution in [1.29, 1.82) is 0 Å². The van der Waals surface area contributed by atoms with Crippen LogP contribution in [0.25, 0.3) is 0 Å². The Balaban J connectivity index is 2.13. The highest BCUT2D eigenvalue weighted by atomic mass is 32.2. The summed E-state index contributed by atoms with van der Waals surface area (Å²) in [5, 5.41) is 13.2. The number of aliphatic hydroxyl groups is 1. The first-order chi connectivity index (χ1) is 6.47. The molecule has 1 heterocycles. The van der Waals surface area contributed by atoms with Crippen molar-refractivity contribution in [2.75, 3.05) is 38.3 Å². The minimum atomic E-state index is -0.597. The molecule has 0 aliphatic carbocycles. The lowest BCUT2D eigenvalue weighted by atomic mass is 9.88. The minimum Gasteiger partial charge on any atom is -0.388 e. The summed E-state index contributed by atoms with van der Waals surface area (Å²) < 4.78 is 5.16. The Kier molecular flexibility index (Phi) is 4.25. The summed E-state index contributed by atoms with van der Waals surface area (Å²) in [6.45, 7) is 7.33. The van der Waals surface area contributed by atoms with Crippen molar-refractivity contribution >= 4 is 11.8 Å². The fraction of sp³-hybridized carbons (Fsp3) is 1.00. The molecule has 2 N–H and O–H groups in total. The van der Waals surface area contributed by atoms with Gasteiger partial charge in [-0.25, -0.2) is 0 Å². The van der Waals surface area contributed by atoms with Gasteiger partial charge in [-0.1, -0.05) is 6.92 Å². The van der Waals surface area contributed by atoms with Crippen LogP contribution >= 0.6 is 11.8 Å². The molecule has 84 valence electrons. The van der Waals surface area contributed by atoms with Gasteiger partial charge in [0.15, 0.2) is 0 Å². The van der Waals surface area contributed by atoms with E-state index < -0.39 is 5.60 Å². The predicted octanol–water partition coefficient (Wildman–Crippen LogP) is 0.726. The van der Waals surface area contributed by atoms with Gasteiger partial charge in [0.2, 0.25) is 0 Å². The molecule has 1 atom stereocenters. The average molecular weight is 219 g/mol. The number of nitrogens with one attached hydrogen (secondary N) is 1. The van der Waals surface area contributed by atoms with Crippen LogP contribution in [0.5, 0.6) is 0 Å². The van der Waals surface area contributed by atoms with E-state index in [-0.39, 0.29) is 5.41 Å². The van der Waals surface area contributed by atoms with Crippen molar-refractivity contribution in [2.45, 2.75) is 19.4 Å². The highest BCUT2D eigenvalue weighted by Gasteiger charge is 2.33. The van der Waals surface area contributed by atoms with Crippen LogP contribution in [0.1, 0.15) is 13.8 Å². The molecular weight excluding hydrogens is 198 g/mol. The van der Waals surface area contributed by atoms with E-state index in [9.17, 15) is 5.11 Å². The molecule has 4 heteroatoms. The quantitative estimate of drug-likeness (QED) is 0.691. The summed E-state index contributed by atoms with van der Waals surface area (Å²) in [5.41, 5.74) is -0.310. The third kappa shape index (κ3) is 3.77. The van der Waals surface area contributed by atoms with E-state index in [0.717, 1.165) is 25.5 Å². The second-order valence-corrected chi connectivity index (χ2v) is 5.70. The molecule has 1 unspecified atom stereocenters. The zero-order valence-electron chi connectivity index (χ0n) is 9.30. The summed E-state index contributed by atoms with van der Waals surface area (Å²) in [6.07, 6.45) is 2.01. The maximum atomic E-state index is 9.89. The first-order valence-electron chi connectivity index (χ1n) is 4.97. The van der Waals surface area contributed by atoms with E-state index in [4.69, 9.17) is 4.74 Å². The Morgan fingerprint density at radius 1 is 1.57 bits per heavy atom. The van der Waals surface area contributed by atoms with Gasteiger partial charge < -0.3 is 15.2 Å². The lowest BCUT2D eigenvalue weighted by molar-refractivity contribution is -0.100. The Bertz CT molecular complexity index is 181. The zero-order valence-corrected chi connectivity index (χ0v) is 10.1. The summed E-state index contributed by atoms with van der Waals surface area (Å²) in [6, 6.07) is 0. The number of rotatable bonds is 6. The van der Waals surface area contributed by atoms with Gasteiger partial charge in [0.05, 0.1) is 18.8 Å². The molecule has 0 aromatic rings. The van der Waals surface area contributed by atoms with Crippen LogP contribution in [0.2, 0.25) is 0 Å². The van der Waals surface area contributed by atoms with E-state index >= 15 is 0 Å². The van der Waals surface area contributed by atoms with Gasteiger partial charge in [-0.2, -0.15) is 11.8 Å². The molecule has 14 heavy (non-hydrogen) atoms. The summed E-state index contributed by atoms with van der Waals surface area (Å²) in [5.74, 6) is 0.771. The van der Waals surface area contributed by atoms with Gasteiger partial charge in [0.1, 0.15) is 0 Å². The topological polar surface area (TPSA) is 41.5 Å². The van der Waals surface area contributed by atoms with E-state index in [1.54, 1.807) is 11.8 Å². The van der Waals surface area contributed by atoms with Crippen molar-refractivity contribution in [3.05, 3.63) is 0 Å². The van der Waals surface area contributed by atoms with Crippen LogP contribution in [-0.2, 0) is 4.74 Å². The molecule has 0 radical (unpaired) electrons. The monoisotopic (exact) mass is 219 g/mol. The molecule has 1 fully saturated rings. The fourth-order valence-electron chi connectivity index (χ4n) is 1.55. The van der Waals surface area contributed by atoms with Crippen LogP contribution in [0.4, 0.5) is 0 Å². The maximum absolute atomic E-state index is 9.89. The molecule has 3 nitrogen and oxygen atoms in total. The summed E-state index contributed by atoms with van der Waals surface area (Å²) in [7, 11) is 0. The highest BCUT2D eigenvalue weighted by Crippen LogP contribution is 2.25. The Morgan fingerprint density at radius 2 is 2.21 bits per heavy atom. The Labute approximate surface area is 90.6 Å². The first kappa shape index (κ1) is 12.3. The van der Waals surface area contributed by atoms with Crippen molar-refractivity contribution in [1.82, 2.24) is 5.32 Å². The van der Waals surface area contributed by atoms with Gasteiger partial charge in [-0.15, -0.1) is 0 Å². The second kappa shape index (κ2) is 4.84. The lowest BCUT2D eigenvalue weighted by Gasteiger charge is -2.39. The number of hydrogen-bond donors (Lipinski definition) is 2. The lowest BCUT2D eigenvalue weighted by Crippen LogP contribution is -2.50. The van der Waals surface area contributed by atoms with Crippen molar-refractivity contribution in [3.63, 3.8) is 0 Å². The number of hydrogen-bond acceptors (Lipinski definition) is 4. The standard InChI is InChI=1S/C10H21NO2S/c1-9(6-13-7-9)4-11-5-10(2,12)8-14-3/h11-12H,4-8H2,1-3H3. The summed E-state index contributed by atoms with van der Waals surface area (Å²) >= 11 is 1.67. The van der Waals surface area contributed by atoms with Crippen LogP contribution in [-0.4, -0.2) is 49.0 Å². The molecule has 1 aliphatic heterocycles. The van der Waals surface area contributed by atoms with Gasteiger partial charge in [0, 0.05) is 24.3 Å². The molecule has 0 aromatic heterocycles. The number of ether oxygens (including phenoxy) is 1. The van der Waals surface area contributed by atoms with Crippen molar-refractivity contribution in [2.24, 2.45) is 5.41 Å². The third-order valence-corrected chi connectivity index (χ3v) is 3.32. The molecule has 0 saturated carbocycles. The third-order valence-electron chi connectivity index (χ3n) is 2.41. The minimum absolute atomic E-state index is 0.287. The molecule has 0 spiro atoms. The van der Waals surface area contributed by atoms with Crippen LogP contribution < -0.4 is 5.32 Å². The maximum Gasteiger partial charge on any atom is 0.0833 e. The number of thioether (sulfide) groups is 1. The Morgan fingerprint density at radius 3 is 2.64 bits per heavy atom. The zero-order chi connectivity index (χ0) is 10.7. The largest absolute Gasteiger partial charge is 0.388 e. The van der Waals surface area contributed by atoms with Crippen LogP contribution in [0.15, 0.2) is 0 Å². The van der Waals surface area contributed by atoms with Gasteiger partial charge in [-0.05, 0) is 13.2 Å². The summed E-state index contributed by atoms with van der Waals surface area (Å²) in [4.78, 5) is 0. The van der Waals surface area contributed by atoms with Crippen LogP contribution in [0.3, 0.4) is 0 Å². The van der Waals surface area contributed by atoms with E-state index in [1.807, 2.05) is 13.2 Å². The average Bonchev–Trinajstić information content (AvgIpc) is 2.00. The molecular formula is C10H21NO2S. The van der Waals surface area contributed by atoms with Gasteiger partial charge in [0.25, 0.3) is 0 Å². The molecule has 0 amide bonds. The molecule has 0 aromatic carbocycles. The van der Waals surface area contributed by atoms with Crippen LogP contribution in [0, 0.1) is 5.41 Å². The first-order valence-corrected chi connectivity index (χ1v) is 6.37. The van der Waals surface area contributed by atoms with Gasteiger partial charge >= 0.3 is 0 Å². The van der Waals surface area contributed by atoms with Crippen molar-refractivity contribution < 1.29 is 9.84 Å². The fourth-order valence-corrected chi connectivity index (χ4v) is 2.27. The molecule has 1 saturated heterocycles. The van der Waals surface area contributed by atoms with E-state index in [1.165, 1.54) is 0 Å². The SMILES string of the molecule is CSCC(C)(O)CNCC1(C)COC1.